The maximum absolute atomic E-state index is 4.34. The molecule has 0 bridgehead atoms. The monoisotopic (exact) mass is 381 g/mol. The molecule has 0 saturated carbocycles. The Bertz CT molecular complexity index is 1220. The number of nitrogens with zero attached hydrogens (tertiary/aromatic N) is 5. The Morgan fingerprint density at radius 1 is 0.966 bits per heavy atom. The molecule has 0 spiro atoms. The second-order valence-electron chi connectivity index (χ2n) is 6.77. The number of aromatic nitrogens is 6. The minimum absolute atomic E-state index is 0.651. The molecule has 0 unspecified atom stereocenters. The summed E-state index contributed by atoms with van der Waals surface area (Å²) in [5.74, 6) is 0.748. The van der Waals surface area contributed by atoms with Crippen LogP contribution in [0.15, 0.2) is 79.9 Å². The normalized spacial score (nSPS) is 11.0. The second-order valence-corrected chi connectivity index (χ2v) is 6.77. The van der Waals surface area contributed by atoms with E-state index in [4.69, 9.17) is 0 Å². The Morgan fingerprint density at radius 3 is 2.72 bits per heavy atom. The van der Waals surface area contributed by atoms with Crippen molar-refractivity contribution in [1.29, 1.82) is 0 Å². The Balaban J connectivity index is 1.37. The van der Waals surface area contributed by atoms with E-state index in [1.165, 1.54) is 28.6 Å². The Morgan fingerprint density at radius 2 is 1.86 bits per heavy atom. The molecule has 0 aliphatic heterocycles. The third-order valence-corrected chi connectivity index (χ3v) is 4.88. The zero-order valence-corrected chi connectivity index (χ0v) is 15.7. The van der Waals surface area contributed by atoms with Crippen molar-refractivity contribution in [2.75, 3.05) is 5.32 Å². The summed E-state index contributed by atoms with van der Waals surface area (Å²) >= 11 is 0. The first-order chi connectivity index (χ1) is 14.4. The van der Waals surface area contributed by atoms with Crippen LogP contribution in [0.3, 0.4) is 0 Å². The van der Waals surface area contributed by atoms with Gasteiger partial charge in [0.25, 0.3) is 0 Å². The van der Waals surface area contributed by atoms with Crippen LogP contribution in [0.25, 0.3) is 22.3 Å². The van der Waals surface area contributed by atoms with E-state index in [0.29, 0.717) is 12.2 Å². The van der Waals surface area contributed by atoms with E-state index in [1.807, 2.05) is 12.5 Å². The first-order valence-electron chi connectivity index (χ1n) is 9.38. The summed E-state index contributed by atoms with van der Waals surface area (Å²) in [5, 5.41) is 3.41. The number of benzene rings is 2. The zero-order valence-electron chi connectivity index (χ0n) is 15.7. The molecule has 7 nitrogen and oxygen atoms in total. The predicted octanol–water partition coefficient (Wildman–Crippen LogP) is 3.88. The molecule has 142 valence electrons. The molecule has 0 amide bonds. The average Bonchev–Trinajstić information content (AvgIpc) is 3.45. The number of hydrogen-bond acceptors (Lipinski definition) is 5. The van der Waals surface area contributed by atoms with Crippen molar-refractivity contribution >= 4 is 17.0 Å². The Labute approximate surface area is 167 Å². The lowest BCUT2D eigenvalue weighted by molar-refractivity contribution is 0.797. The Kier molecular flexibility index (Phi) is 4.46. The molecule has 0 aliphatic carbocycles. The van der Waals surface area contributed by atoms with E-state index >= 15 is 0 Å². The summed E-state index contributed by atoms with van der Waals surface area (Å²) in [4.78, 5) is 19.9. The third-order valence-electron chi connectivity index (χ3n) is 4.88. The average molecular weight is 381 g/mol. The highest BCUT2D eigenvalue weighted by atomic mass is 15.1. The maximum atomic E-state index is 4.34. The number of anilines is 1. The van der Waals surface area contributed by atoms with Crippen LogP contribution in [0.5, 0.6) is 0 Å². The summed E-state index contributed by atoms with van der Waals surface area (Å²) in [6.45, 7) is 1.47. The van der Waals surface area contributed by atoms with Gasteiger partial charge in [0.1, 0.15) is 11.8 Å². The van der Waals surface area contributed by atoms with Gasteiger partial charge >= 0.3 is 0 Å². The van der Waals surface area contributed by atoms with Gasteiger partial charge in [0.05, 0.1) is 12.7 Å². The van der Waals surface area contributed by atoms with Crippen LogP contribution in [0.1, 0.15) is 11.1 Å². The van der Waals surface area contributed by atoms with Crippen molar-refractivity contribution < 1.29 is 0 Å². The van der Waals surface area contributed by atoms with Gasteiger partial charge in [-0.15, -0.1) is 0 Å². The number of nitrogens with one attached hydrogen (secondary N) is 2. The summed E-state index contributed by atoms with van der Waals surface area (Å²) < 4.78 is 2.06. The summed E-state index contributed by atoms with van der Waals surface area (Å²) in [5.41, 5.74) is 6.29. The van der Waals surface area contributed by atoms with Gasteiger partial charge < -0.3 is 14.9 Å². The zero-order chi connectivity index (χ0) is 19.5. The number of imidazole rings is 2. The van der Waals surface area contributed by atoms with Crippen LogP contribution < -0.4 is 5.32 Å². The lowest BCUT2D eigenvalue weighted by Gasteiger charge is -2.12. The number of hydrogen-bond donors (Lipinski definition) is 2. The van der Waals surface area contributed by atoms with Crippen molar-refractivity contribution in [1.82, 2.24) is 29.5 Å². The van der Waals surface area contributed by atoms with Crippen molar-refractivity contribution in [2.24, 2.45) is 0 Å². The fourth-order valence-electron chi connectivity index (χ4n) is 3.41. The molecule has 0 aliphatic rings. The molecule has 3 heterocycles. The van der Waals surface area contributed by atoms with Gasteiger partial charge in [-0.25, -0.2) is 19.9 Å². The van der Waals surface area contributed by atoms with Crippen LogP contribution in [-0.2, 0) is 13.1 Å². The number of fused-ring (bicyclic) bond motifs is 1. The van der Waals surface area contributed by atoms with Crippen molar-refractivity contribution in [3.63, 3.8) is 0 Å². The molecule has 29 heavy (non-hydrogen) atoms. The van der Waals surface area contributed by atoms with Crippen molar-refractivity contribution in [3.8, 4) is 11.1 Å². The minimum atomic E-state index is 0.651. The molecule has 3 aromatic heterocycles. The van der Waals surface area contributed by atoms with Gasteiger partial charge in [0.15, 0.2) is 11.5 Å². The fraction of sp³-hybridized carbons (Fsp3) is 0.0909. The second kappa shape index (κ2) is 7.55. The highest BCUT2D eigenvalue weighted by Gasteiger charge is 2.08. The van der Waals surface area contributed by atoms with E-state index in [9.17, 15) is 0 Å². The standard InChI is InChI=1S/C22H19N7/c1-2-4-19(17-7-5-16(6-8-17)12-29-10-9-23-15-29)18(3-1)11-24-21-20-22(26-13-25-20)28-14-27-21/h1-10,13-15H,11-12H2,(H2,24,25,26,27,28). The molecule has 7 heteroatoms. The predicted molar refractivity (Wildman–Crippen MR) is 112 cm³/mol. The highest BCUT2D eigenvalue weighted by molar-refractivity contribution is 5.82. The van der Waals surface area contributed by atoms with E-state index in [0.717, 1.165) is 17.9 Å². The topological polar surface area (TPSA) is 84.3 Å². The fourth-order valence-corrected chi connectivity index (χ4v) is 3.41. The molecule has 2 N–H and O–H groups in total. The van der Waals surface area contributed by atoms with Gasteiger partial charge in [-0.2, -0.15) is 0 Å². The quantitative estimate of drug-likeness (QED) is 0.466. The molecular weight excluding hydrogens is 362 g/mol. The van der Waals surface area contributed by atoms with Gasteiger partial charge in [-0.1, -0.05) is 48.5 Å². The first kappa shape index (κ1) is 17.1. The van der Waals surface area contributed by atoms with Gasteiger partial charge in [0, 0.05) is 25.5 Å². The largest absolute Gasteiger partial charge is 0.364 e. The molecular formula is C22H19N7. The number of H-pyrrole nitrogens is 1. The molecule has 5 aromatic rings. The van der Waals surface area contributed by atoms with Crippen LogP contribution in [0.4, 0.5) is 5.82 Å². The van der Waals surface area contributed by atoms with E-state index in [2.05, 4.69) is 83.3 Å². The van der Waals surface area contributed by atoms with E-state index in [-0.39, 0.29) is 0 Å². The van der Waals surface area contributed by atoms with Crippen LogP contribution in [0.2, 0.25) is 0 Å². The van der Waals surface area contributed by atoms with Crippen molar-refractivity contribution in [2.45, 2.75) is 13.1 Å². The highest BCUT2D eigenvalue weighted by Crippen LogP contribution is 2.25. The SMILES string of the molecule is c1ccc(-c2ccc(Cn3ccnc3)cc2)c(CNc2ncnc3nc[nH]c23)c1. The maximum Gasteiger partial charge on any atom is 0.182 e. The van der Waals surface area contributed by atoms with Gasteiger partial charge in [0.2, 0.25) is 0 Å². The number of aromatic amines is 1. The molecule has 0 saturated heterocycles. The van der Waals surface area contributed by atoms with Gasteiger partial charge in [-0.05, 0) is 22.3 Å². The number of rotatable bonds is 6. The van der Waals surface area contributed by atoms with Gasteiger partial charge in [-0.3, -0.25) is 0 Å². The minimum Gasteiger partial charge on any atom is -0.364 e. The Hall–Kier alpha value is -4.00. The summed E-state index contributed by atoms with van der Waals surface area (Å²) in [6, 6.07) is 17.1. The molecule has 0 atom stereocenters. The van der Waals surface area contributed by atoms with E-state index in [1.54, 1.807) is 12.5 Å². The lowest BCUT2D eigenvalue weighted by atomic mass is 9.98. The first-order valence-corrected chi connectivity index (χ1v) is 9.38. The molecule has 2 aromatic carbocycles. The summed E-state index contributed by atoms with van der Waals surface area (Å²) in [7, 11) is 0. The van der Waals surface area contributed by atoms with Crippen LogP contribution in [0, 0.1) is 0 Å². The third kappa shape index (κ3) is 3.58. The molecule has 5 rings (SSSR count). The molecule has 0 fully saturated rings. The lowest BCUT2D eigenvalue weighted by Crippen LogP contribution is -2.04. The smallest absolute Gasteiger partial charge is 0.182 e. The molecule has 0 radical (unpaired) electrons. The summed E-state index contributed by atoms with van der Waals surface area (Å²) in [6.07, 6.45) is 8.75. The van der Waals surface area contributed by atoms with Crippen LogP contribution in [-0.4, -0.2) is 29.5 Å². The van der Waals surface area contributed by atoms with E-state index < -0.39 is 0 Å². The van der Waals surface area contributed by atoms with Crippen LogP contribution >= 0.6 is 0 Å². The van der Waals surface area contributed by atoms with Crippen molar-refractivity contribution in [3.05, 3.63) is 91.0 Å².